The number of nitrogens with two attached hydrogens (primary N) is 1. The van der Waals surface area contributed by atoms with Gasteiger partial charge in [-0.2, -0.15) is 5.10 Å². The first kappa shape index (κ1) is 15.2. The van der Waals surface area contributed by atoms with Gasteiger partial charge in [-0.15, -0.1) is 0 Å². The molecule has 1 atom stereocenters. The Hall–Kier alpha value is -2.34. The van der Waals surface area contributed by atoms with Crippen molar-refractivity contribution in [2.45, 2.75) is 44.2 Å². The molecule has 0 aromatic carbocycles. The Morgan fingerprint density at radius 2 is 2.08 bits per heavy atom. The Bertz CT molecular complexity index is 788. The van der Waals surface area contributed by atoms with E-state index >= 15 is 0 Å². The number of hydrogen-bond acceptors (Lipinski definition) is 4. The average Bonchev–Trinajstić information content (AvgIpc) is 3.22. The molecule has 3 heterocycles. The monoisotopic (exact) mass is 325 g/mol. The Balaban J connectivity index is 1.67. The summed E-state index contributed by atoms with van der Waals surface area (Å²) in [5.74, 6) is -0.0787. The molecule has 0 radical (unpaired) electrons. The molecule has 0 spiro atoms. The first-order chi connectivity index (χ1) is 11.7. The molecule has 6 heteroatoms. The van der Waals surface area contributed by atoms with Gasteiger partial charge < -0.3 is 16.4 Å². The third-order valence-electron chi connectivity index (χ3n) is 5.06. The molecular weight excluding hydrogens is 302 g/mol. The number of nitrogens with zero attached hydrogens (tertiary/aromatic N) is 2. The molecular formula is C18H23N5O. The van der Waals surface area contributed by atoms with Gasteiger partial charge in [-0.25, -0.2) is 4.52 Å². The summed E-state index contributed by atoms with van der Waals surface area (Å²) in [6, 6.07) is 7.75. The van der Waals surface area contributed by atoms with Crippen LogP contribution in [-0.4, -0.2) is 28.1 Å². The number of carbonyl (C=O) groups excluding carboxylic acids is 1. The fraction of sp³-hybridized carbons (Fsp3) is 0.444. The SMILES string of the molecule is N[C@@H](C1=C(NC2CCCCC2)CNC1=O)c1cccc2ccnn12. The van der Waals surface area contributed by atoms with Crippen LogP contribution in [-0.2, 0) is 4.79 Å². The van der Waals surface area contributed by atoms with E-state index in [1.54, 1.807) is 6.20 Å². The lowest BCUT2D eigenvalue weighted by Gasteiger charge is -2.25. The van der Waals surface area contributed by atoms with Crippen molar-refractivity contribution in [2.75, 3.05) is 6.54 Å². The van der Waals surface area contributed by atoms with Crippen molar-refractivity contribution in [3.05, 3.63) is 47.4 Å². The Morgan fingerprint density at radius 3 is 2.92 bits per heavy atom. The van der Waals surface area contributed by atoms with Crippen molar-refractivity contribution in [3.8, 4) is 0 Å². The normalized spacial score (nSPS) is 20.5. The lowest BCUT2D eigenvalue weighted by molar-refractivity contribution is -0.116. The second kappa shape index (κ2) is 6.28. The number of amides is 1. The average molecular weight is 325 g/mol. The highest BCUT2D eigenvalue weighted by molar-refractivity contribution is 5.98. The molecule has 1 amide bonds. The summed E-state index contributed by atoms with van der Waals surface area (Å²) in [5.41, 5.74) is 9.88. The van der Waals surface area contributed by atoms with Gasteiger partial charge >= 0.3 is 0 Å². The van der Waals surface area contributed by atoms with Crippen molar-refractivity contribution < 1.29 is 4.79 Å². The lowest BCUT2D eigenvalue weighted by Crippen LogP contribution is -2.33. The van der Waals surface area contributed by atoms with Crippen LogP contribution in [0.25, 0.3) is 5.52 Å². The second-order valence-electron chi connectivity index (χ2n) is 6.65. The van der Waals surface area contributed by atoms with Gasteiger partial charge in [0, 0.05) is 17.9 Å². The Kier molecular flexibility index (Phi) is 3.98. The van der Waals surface area contributed by atoms with Crippen molar-refractivity contribution in [2.24, 2.45) is 5.73 Å². The largest absolute Gasteiger partial charge is 0.384 e. The van der Waals surface area contributed by atoms with E-state index in [2.05, 4.69) is 15.7 Å². The zero-order valence-electron chi connectivity index (χ0n) is 13.7. The van der Waals surface area contributed by atoms with E-state index in [0.29, 0.717) is 18.2 Å². The summed E-state index contributed by atoms with van der Waals surface area (Å²) in [6.45, 7) is 0.535. The number of hydrogen-bond donors (Lipinski definition) is 3. The van der Waals surface area contributed by atoms with Gasteiger partial charge in [0.15, 0.2) is 0 Å². The van der Waals surface area contributed by atoms with Gasteiger partial charge in [0.1, 0.15) is 0 Å². The third kappa shape index (κ3) is 2.67. The van der Waals surface area contributed by atoms with E-state index in [0.717, 1.165) is 29.7 Å². The number of fused-ring (bicyclic) bond motifs is 1. The molecule has 24 heavy (non-hydrogen) atoms. The number of pyridine rings is 1. The van der Waals surface area contributed by atoms with Crippen LogP contribution in [0.1, 0.15) is 43.8 Å². The molecule has 1 saturated carbocycles. The minimum Gasteiger partial charge on any atom is -0.384 e. The second-order valence-corrected chi connectivity index (χ2v) is 6.65. The van der Waals surface area contributed by atoms with Crippen molar-refractivity contribution in [1.29, 1.82) is 0 Å². The summed E-state index contributed by atoms with van der Waals surface area (Å²) in [6.07, 6.45) is 7.88. The molecule has 4 rings (SSSR count). The quantitative estimate of drug-likeness (QED) is 0.798. The minimum absolute atomic E-state index is 0.0787. The van der Waals surface area contributed by atoms with Gasteiger partial charge in [-0.05, 0) is 31.0 Å². The third-order valence-corrected chi connectivity index (χ3v) is 5.06. The van der Waals surface area contributed by atoms with Crippen LogP contribution in [0, 0.1) is 0 Å². The van der Waals surface area contributed by atoms with E-state index in [9.17, 15) is 4.79 Å². The zero-order chi connectivity index (χ0) is 16.5. The molecule has 2 aromatic heterocycles. The molecule has 0 saturated heterocycles. The summed E-state index contributed by atoms with van der Waals surface area (Å²) in [4.78, 5) is 12.4. The predicted molar refractivity (Wildman–Crippen MR) is 92.2 cm³/mol. The molecule has 0 unspecified atom stereocenters. The predicted octanol–water partition coefficient (Wildman–Crippen LogP) is 1.64. The molecule has 126 valence electrons. The van der Waals surface area contributed by atoms with Crippen LogP contribution < -0.4 is 16.4 Å². The van der Waals surface area contributed by atoms with Crippen LogP contribution >= 0.6 is 0 Å². The first-order valence-corrected chi connectivity index (χ1v) is 8.70. The highest BCUT2D eigenvalue weighted by atomic mass is 16.2. The summed E-state index contributed by atoms with van der Waals surface area (Å²) in [5, 5.41) is 10.8. The summed E-state index contributed by atoms with van der Waals surface area (Å²) in [7, 11) is 0. The van der Waals surface area contributed by atoms with Gasteiger partial charge in [0.05, 0.1) is 29.4 Å². The van der Waals surface area contributed by atoms with Crippen molar-refractivity contribution in [3.63, 3.8) is 0 Å². The Morgan fingerprint density at radius 1 is 1.25 bits per heavy atom. The van der Waals surface area contributed by atoms with Crippen LogP contribution in [0.15, 0.2) is 41.7 Å². The fourth-order valence-electron chi connectivity index (χ4n) is 3.80. The van der Waals surface area contributed by atoms with Crippen LogP contribution in [0.5, 0.6) is 0 Å². The topological polar surface area (TPSA) is 84.5 Å². The van der Waals surface area contributed by atoms with E-state index in [1.807, 2.05) is 28.8 Å². The smallest absolute Gasteiger partial charge is 0.251 e. The van der Waals surface area contributed by atoms with E-state index in [4.69, 9.17) is 5.73 Å². The summed E-state index contributed by atoms with van der Waals surface area (Å²) >= 11 is 0. The standard InChI is InChI=1S/C18H23N5O/c19-17(15-8-4-7-13-9-10-21-23(13)15)16-14(11-20-18(16)24)22-12-5-2-1-3-6-12/h4,7-10,12,17,22H,1-3,5-6,11,19H2,(H,20,24)/t17-/m1/s1. The highest BCUT2D eigenvalue weighted by Crippen LogP contribution is 2.26. The molecule has 1 aliphatic heterocycles. The Labute approximate surface area is 141 Å². The zero-order valence-corrected chi connectivity index (χ0v) is 13.7. The molecule has 2 aromatic rings. The molecule has 1 fully saturated rings. The molecule has 4 N–H and O–H groups in total. The van der Waals surface area contributed by atoms with E-state index in [-0.39, 0.29) is 5.91 Å². The minimum atomic E-state index is -0.498. The maximum Gasteiger partial charge on any atom is 0.251 e. The van der Waals surface area contributed by atoms with Crippen molar-refractivity contribution >= 4 is 11.4 Å². The number of rotatable bonds is 4. The van der Waals surface area contributed by atoms with E-state index in [1.165, 1.54) is 19.3 Å². The molecule has 2 aliphatic rings. The van der Waals surface area contributed by atoms with Gasteiger partial charge in [0.2, 0.25) is 0 Å². The molecule has 1 aliphatic carbocycles. The number of carbonyl (C=O) groups is 1. The number of nitrogens with one attached hydrogen (secondary N) is 2. The lowest BCUT2D eigenvalue weighted by atomic mass is 9.94. The maximum atomic E-state index is 12.4. The van der Waals surface area contributed by atoms with Gasteiger partial charge in [-0.3, -0.25) is 4.79 Å². The van der Waals surface area contributed by atoms with Crippen LogP contribution in [0.4, 0.5) is 0 Å². The molecule has 0 bridgehead atoms. The van der Waals surface area contributed by atoms with Gasteiger partial charge in [-0.1, -0.05) is 25.3 Å². The maximum absolute atomic E-state index is 12.4. The first-order valence-electron chi connectivity index (χ1n) is 8.70. The van der Waals surface area contributed by atoms with E-state index < -0.39 is 6.04 Å². The fourth-order valence-corrected chi connectivity index (χ4v) is 3.80. The molecule has 6 nitrogen and oxygen atoms in total. The van der Waals surface area contributed by atoms with Gasteiger partial charge in [0.25, 0.3) is 5.91 Å². The van der Waals surface area contributed by atoms with Crippen LogP contribution in [0.3, 0.4) is 0 Å². The summed E-state index contributed by atoms with van der Waals surface area (Å²) < 4.78 is 1.81. The van der Waals surface area contributed by atoms with Crippen LogP contribution in [0.2, 0.25) is 0 Å². The van der Waals surface area contributed by atoms with Crippen molar-refractivity contribution in [1.82, 2.24) is 20.2 Å². The number of aromatic nitrogens is 2. The highest BCUT2D eigenvalue weighted by Gasteiger charge is 2.31.